The Morgan fingerprint density at radius 2 is 1.90 bits per heavy atom. The Morgan fingerprint density at radius 3 is 2.45 bits per heavy atom. The van der Waals surface area contributed by atoms with Crippen molar-refractivity contribution in [1.29, 1.82) is 0 Å². The van der Waals surface area contributed by atoms with E-state index >= 15 is 0 Å². The monoisotopic (exact) mass is 296 g/mol. The zero-order chi connectivity index (χ0) is 15.2. The maximum Gasteiger partial charge on any atom is 0.0642 e. The number of para-hydroxylation sites is 1. The fourth-order valence-corrected chi connectivity index (χ4v) is 2.51. The summed E-state index contributed by atoms with van der Waals surface area (Å²) >= 11 is 6.46. The molecule has 0 heterocycles. The molecule has 0 saturated carbocycles. The number of nitrogens with zero attached hydrogens (tertiary/aromatic N) is 1. The summed E-state index contributed by atoms with van der Waals surface area (Å²) in [5.41, 5.74) is 2.59. The molecule has 0 radical (unpaired) electrons. The van der Waals surface area contributed by atoms with Crippen LogP contribution in [0.2, 0.25) is 5.02 Å². The second kappa shape index (κ2) is 7.90. The van der Waals surface area contributed by atoms with Gasteiger partial charge in [-0.05, 0) is 45.7 Å². The second-order valence-corrected chi connectivity index (χ2v) is 6.69. The standard InChI is InChI=1S/C17H29ClN2/c1-6-8-12-20(7-2)16-14(10-9-11-15(16)18)13-19-17(3,4)5/h9-11,19H,6-8,12-13H2,1-5H3. The van der Waals surface area contributed by atoms with E-state index in [1.54, 1.807) is 0 Å². The molecule has 2 nitrogen and oxygen atoms in total. The molecule has 0 unspecified atom stereocenters. The molecule has 1 aromatic carbocycles. The summed E-state index contributed by atoms with van der Waals surface area (Å²) in [5.74, 6) is 0. The number of rotatable bonds is 7. The highest BCUT2D eigenvalue weighted by molar-refractivity contribution is 6.33. The van der Waals surface area contributed by atoms with Gasteiger partial charge >= 0.3 is 0 Å². The van der Waals surface area contributed by atoms with Gasteiger partial charge in [0.2, 0.25) is 0 Å². The quantitative estimate of drug-likeness (QED) is 0.773. The molecule has 0 aliphatic heterocycles. The van der Waals surface area contributed by atoms with Gasteiger partial charge in [0.25, 0.3) is 0 Å². The molecular weight excluding hydrogens is 268 g/mol. The maximum absolute atomic E-state index is 6.46. The first kappa shape index (κ1) is 17.3. The topological polar surface area (TPSA) is 15.3 Å². The number of nitrogens with one attached hydrogen (secondary N) is 1. The number of benzene rings is 1. The summed E-state index contributed by atoms with van der Waals surface area (Å²) in [5, 5.41) is 4.41. The van der Waals surface area contributed by atoms with E-state index in [2.05, 4.69) is 50.9 Å². The van der Waals surface area contributed by atoms with Gasteiger partial charge in [0, 0.05) is 25.2 Å². The van der Waals surface area contributed by atoms with Gasteiger partial charge in [0.1, 0.15) is 0 Å². The summed E-state index contributed by atoms with van der Waals surface area (Å²) in [6.07, 6.45) is 2.40. The largest absolute Gasteiger partial charge is 0.370 e. The lowest BCUT2D eigenvalue weighted by Gasteiger charge is -2.28. The van der Waals surface area contributed by atoms with Crippen molar-refractivity contribution in [3.05, 3.63) is 28.8 Å². The number of anilines is 1. The molecule has 0 aliphatic carbocycles. The molecule has 1 N–H and O–H groups in total. The third-order valence-corrected chi connectivity index (χ3v) is 3.66. The number of unbranched alkanes of at least 4 members (excludes halogenated alkanes) is 1. The highest BCUT2D eigenvalue weighted by Crippen LogP contribution is 2.30. The van der Waals surface area contributed by atoms with Gasteiger partial charge in [-0.3, -0.25) is 0 Å². The SMILES string of the molecule is CCCCN(CC)c1c(Cl)cccc1CNC(C)(C)C. The molecule has 0 aromatic heterocycles. The normalized spacial score (nSPS) is 11.7. The van der Waals surface area contributed by atoms with Crippen molar-refractivity contribution in [2.45, 2.75) is 59.5 Å². The van der Waals surface area contributed by atoms with E-state index < -0.39 is 0 Å². The first-order valence-electron chi connectivity index (χ1n) is 7.66. The minimum absolute atomic E-state index is 0.111. The zero-order valence-corrected chi connectivity index (χ0v) is 14.3. The van der Waals surface area contributed by atoms with Crippen LogP contribution in [0.15, 0.2) is 18.2 Å². The highest BCUT2D eigenvalue weighted by Gasteiger charge is 2.15. The molecule has 3 heteroatoms. The number of hydrogen-bond acceptors (Lipinski definition) is 2. The van der Waals surface area contributed by atoms with Gasteiger partial charge in [-0.15, -0.1) is 0 Å². The van der Waals surface area contributed by atoms with Crippen LogP contribution in [0.3, 0.4) is 0 Å². The van der Waals surface area contributed by atoms with Crippen molar-refractivity contribution in [3.63, 3.8) is 0 Å². The van der Waals surface area contributed by atoms with Gasteiger partial charge in [-0.1, -0.05) is 37.1 Å². The fourth-order valence-electron chi connectivity index (χ4n) is 2.19. The van der Waals surface area contributed by atoms with Crippen molar-refractivity contribution in [1.82, 2.24) is 5.32 Å². The molecule has 0 fully saturated rings. The third-order valence-electron chi connectivity index (χ3n) is 3.36. The van der Waals surface area contributed by atoms with E-state index in [1.807, 2.05) is 12.1 Å². The van der Waals surface area contributed by atoms with E-state index in [0.29, 0.717) is 0 Å². The van der Waals surface area contributed by atoms with Gasteiger partial charge < -0.3 is 10.2 Å². The van der Waals surface area contributed by atoms with Gasteiger partial charge in [0.05, 0.1) is 10.7 Å². The van der Waals surface area contributed by atoms with E-state index in [0.717, 1.165) is 24.7 Å². The lowest BCUT2D eigenvalue weighted by molar-refractivity contribution is 0.424. The van der Waals surface area contributed by atoms with Gasteiger partial charge in [-0.25, -0.2) is 0 Å². The maximum atomic E-state index is 6.46. The molecule has 0 amide bonds. The Kier molecular flexibility index (Phi) is 6.84. The molecular formula is C17H29ClN2. The molecule has 0 spiro atoms. The molecule has 20 heavy (non-hydrogen) atoms. The van der Waals surface area contributed by atoms with Crippen molar-refractivity contribution < 1.29 is 0 Å². The Hall–Kier alpha value is -0.730. The molecule has 0 aliphatic rings. The van der Waals surface area contributed by atoms with Crippen LogP contribution < -0.4 is 10.2 Å². The van der Waals surface area contributed by atoms with Crippen molar-refractivity contribution in [2.24, 2.45) is 0 Å². The molecule has 114 valence electrons. The average Bonchev–Trinajstić information content (AvgIpc) is 2.38. The molecule has 0 atom stereocenters. The number of halogens is 1. The second-order valence-electron chi connectivity index (χ2n) is 6.28. The molecule has 0 saturated heterocycles. The van der Waals surface area contributed by atoms with E-state index in [9.17, 15) is 0 Å². The van der Waals surface area contributed by atoms with Crippen LogP contribution in [0, 0.1) is 0 Å². The predicted octanol–water partition coefficient (Wildman–Crippen LogP) is 4.85. The van der Waals surface area contributed by atoms with Crippen LogP contribution in [-0.2, 0) is 6.54 Å². The summed E-state index contributed by atoms with van der Waals surface area (Å²) in [4.78, 5) is 2.39. The van der Waals surface area contributed by atoms with Crippen LogP contribution in [0.5, 0.6) is 0 Å². The summed E-state index contributed by atoms with van der Waals surface area (Å²) < 4.78 is 0. The molecule has 1 rings (SSSR count). The zero-order valence-electron chi connectivity index (χ0n) is 13.6. The Balaban J connectivity index is 2.97. The van der Waals surface area contributed by atoms with Crippen molar-refractivity contribution >= 4 is 17.3 Å². The Morgan fingerprint density at radius 1 is 1.20 bits per heavy atom. The highest BCUT2D eigenvalue weighted by atomic mass is 35.5. The van der Waals surface area contributed by atoms with Gasteiger partial charge in [0.15, 0.2) is 0 Å². The van der Waals surface area contributed by atoms with E-state index in [1.165, 1.54) is 24.1 Å². The summed E-state index contributed by atoms with van der Waals surface area (Å²) in [6.45, 7) is 13.9. The molecule has 0 bridgehead atoms. The predicted molar refractivity (Wildman–Crippen MR) is 90.8 cm³/mol. The summed E-state index contributed by atoms with van der Waals surface area (Å²) in [6, 6.07) is 6.21. The van der Waals surface area contributed by atoms with E-state index in [4.69, 9.17) is 11.6 Å². The van der Waals surface area contributed by atoms with Crippen LogP contribution in [0.1, 0.15) is 53.0 Å². The van der Waals surface area contributed by atoms with Crippen LogP contribution >= 0.6 is 11.6 Å². The Labute approximate surface area is 129 Å². The van der Waals surface area contributed by atoms with Crippen molar-refractivity contribution in [3.8, 4) is 0 Å². The van der Waals surface area contributed by atoms with Crippen molar-refractivity contribution in [2.75, 3.05) is 18.0 Å². The minimum Gasteiger partial charge on any atom is -0.370 e. The lowest BCUT2D eigenvalue weighted by Crippen LogP contribution is -2.36. The van der Waals surface area contributed by atoms with Crippen LogP contribution in [0.25, 0.3) is 0 Å². The average molecular weight is 297 g/mol. The fraction of sp³-hybridized carbons (Fsp3) is 0.647. The smallest absolute Gasteiger partial charge is 0.0642 e. The molecule has 1 aromatic rings. The van der Waals surface area contributed by atoms with Crippen LogP contribution in [0.4, 0.5) is 5.69 Å². The third kappa shape index (κ3) is 5.34. The van der Waals surface area contributed by atoms with Gasteiger partial charge in [-0.2, -0.15) is 0 Å². The summed E-state index contributed by atoms with van der Waals surface area (Å²) in [7, 11) is 0. The first-order valence-corrected chi connectivity index (χ1v) is 8.04. The minimum atomic E-state index is 0.111. The first-order chi connectivity index (χ1) is 9.39. The van der Waals surface area contributed by atoms with Crippen LogP contribution in [-0.4, -0.2) is 18.6 Å². The van der Waals surface area contributed by atoms with E-state index in [-0.39, 0.29) is 5.54 Å². The lowest BCUT2D eigenvalue weighted by atomic mass is 10.1. The number of hydrogen-bond donors (Lipinski definition) is 1. The Bertz CT molecular complexity index is 410.